The van der Waals surface area contributed by atoms with Gasteiger partial charge in [-0.3, -0.25) is 4.90 Å². The Kier molecular flexibility index (Phi) is 4.64. The van der Waals surface area contributed by atoms with Crippen LogP contribution in [-0.4, -0.2) is 24.0 Å². The highest BCUT2D eigenvalue weighted by Crippen LogP contribution is 2.27. The summed E-state index contributed by atoms with van der Waals surface area (Å²) in [5.74, 6) is 1.34. The van der Waals surface area contributed by atoms with E-state index in [0.29, 0.717) is 18.0 Å². The van der Waals surface area contributed by atoms with Gasteiger partial charge in [0, 0.05) is 25.2 Å². The minimum Gasteiger partial charge on any atom is -0.326 e. The fourth-order valence-corrected chi connectivity index (χ4v) is 2.96. The zero-order valence-corrected chi connectivity index (χ0v) is 12.8. The standard InChI is InChI=1S/C17H28N2/c1-12(2)9-15-5-7-16(8-6-15)14(4)19-10-13(3)17(18)11-19/h5-8,12-14,17H,9-11,18H2,1-4H3. The van der Waals surface area contributed by atoms with E-state index in [0.717, 1.165) is 19.0 Å². The Morgan fingerprint density at radius 3 is 2.26 bits per heavy atom. The van der Waals surface area contributed by atoms with Crippen molar-refractivity contribution in [3.8, 4) is 0 Å². The Morgan fingerprint density at radius 1 is 1.16 bits per heavy atom. The quantitative estimate of drug-likeness (QED) is 0.900. The van der Waals surface area contributed by atoms with Crippen LogP contribution in [0.3, 0.4) is 0 Å². The van der Waals surface area contributed by atoms with Crippen LogP contribution in [0.15, 0.2) is 24.3 Å². The van der Waals surface area contributed by atoms with Gasteiger partial charge in [0.15, 0.2) is 0 Å². The molecule has 19 heavy (non-hydrogen) atoms. The maximum absolute atomic E-state index is 6.12. The van der Waals surface area contributed by atoms with Gasteiger partial charge >= 0.3 is 0 Å². The summed E-state index contributed by atoms with van der Waals surface area (Å²) in [5.41, 5.74) is 8.97. The van der Waals surface area contributed by atoms with Gasteiger partial charge in [0.2, 0.25) is 0 Å². The highest BCUT2D eigenvalue weighted by molar-refractivity contribution is 5.25. The number of benzene rings is 1. The Hall–Kier alpha value is -0.860. The molecule has 1 aromatic carbocycles. The summed E-state index contributed by atoms with van der Waals surface area (Å²) in [6, 6.07) is 9.95. The van der Waals surface area contributed by atoms with Gasteiger partial charge in [-0.25, -0.2) is 0 Å². The van der Waals surface area contributed by atoms with Crippen LogP contribution in [0.2, 0.25) is 0 Å². The van der Waals surface area contributed by atoms with E-state index in [1.165, 1.54) is 17.5 Å². The van der Waals surface area contributed by atoms with E-state index >= 15 is 0 Å². The second kappa shape index (κ2) is 6.06. The minimum absolute atomic E-state index is 0.336. The van der Waals surface area contributed by atoms with Crippen LogP contribution in [0.25, 0.3) is 0 Å². The molecule has 1 saturated heterocycles. The maximum atomic E-state index is 6.12. The molecule has 3 unspecified atom stereocenters. The summed E-state index contributed by atoms with van der Waals surface area (Å²) in [5, 5.41) is 0. The lowest BCUT2D eigenvalue weighted by Gasteiger charge is -2.24. The lowest BCUT2D eigenvalue weighted by Crippen LogP contribution is -2.29. The zero-order chi connectivity index (χ0) is 14.0. The van der Waals surface area contributed by atoms with Gasteiger partial charge in [0.25, 0.3) is 0 Å². The molecule has 0 aliphatic carbocycles. The average molecular weight is 260 g/mol. The summed E-state index contributed by atoms with van der Waals surface area (Å²) in [7, 11) is 0. The van der Waals surface area contributed by atoms with E-state index in [1.807, 2.05) is 0 Å². The van der Waals surface area contributed by atoms with Crippen LogP contribution in [0.4, 0.5) is 0 Å². The number of likely N-dealkylation sites (tertiary alicyclic amines) is 1. The molecule has 1 heterocycles. The fraction of sp³-hybridized carbons (Fsp3) is 0.647. The first kappa shape index (κ1) is 14.5. The van der Waals surface area contributed by atoms with Crippen molar-refractivity contribution < 1.29 is 0 Å². The SMILES string of the molecule is CC(C)Cc1ccc(C(C)N2CC(C)C(N)C2)cc1. The molecule has 0 amide bonds. The van der Waals surface area contributed by atoms with Crippen LogP contribution in [-0.2, 0) is 6.42 Å². The number of hydrogen-bond donors (Lipinski definition) is 1. The molecule has 106 valence electrons. The van der Waals surface area contributed by atoms with Crippen LogP contribution in [0.1, 0.15) is 44.9 Å². The first-order chi connectivity index (χ1) is 8.97. The van der Waals surface area contributed by atoms with Crippen molar-refractivity contribution in [2.24, 2.45) is 17.6 Å². The van der Waals surface area contributed by atoms with Crippen molar-refractivity contribution in [1.29, 1.82) is 0 Å². The molecule has 1 aliphatic rings. The van der Waals surface area contributed by atoms with Gasteiger partial charge < -0.3 is 5.73 Å². The first-order valence-electron chi connectivity index (χ1n) is 7.56. The van der Waals surface area contributed by atoms with E-state index in [9.17, 15) is 0 Å². The Balaban J connectivity index is 2.01. The first-order valence-corrected chi connectivity index (χ1v) is 7.56. The summed E-state index contributed by atoms with van der Waals surface area (Å²) in [4.78, 5) is 2.51. The number of nitrogens with two attached hydrogens (primary N) is 1. The smallest absolute Gasteiger partial charge is 0.0320 e. The molecule has 1 fully saturated rings. The van der Waals surface area contributed by atoms with Crippen LogP contribution < -0.4 is 5.73 Å². The van der Waals surface area contributed by atoms with E-state index in [2.05, 4.69) is 56.9 Å². The Labute approximate surface area is 118 Å². The molecule has 1 aromatic rings. The normalized spacial score (nSPS) is 26.0. The molecular formula is C17H28N2. The second-order valence-electron chi connectivity index (χ2n) is 6.61. The minimum atomic E-state index is 0.336. The Bertz CT molecular complexity index is 386. The van der Waals surface area contributed by atoms with Gasteiger partial charge in [-0.15, -0.1) is 0 Å². The van der Waals surface area contributed by atoms with E-state index in [-0.39, 0.29) is 0 Å². The molecule has 2 nitrogen and oxygen atoms in total. The number of nitrogens with zero attached hydrogens (tertiary/aromatic N) is 1. The van der Waals surface area contributed by atoms with Gasteiger partial charge in [-0.05, 0) is 36.3 Å². The van der Waals surface area contributed by atoms with Gasteiger partial charge in [0.1, 0.15) is 0 Å². The summed E-state index contributed by atoms with van der Waals surface area (Å²) in [6.07, 6.45) is 1.17. The molecule has 2 heteroatoms. The van der Waals surface area contributed by atoms with Gasteiger partial charge in [-0.2, -0.15) is 0 Å². The Morgan fingerprint density at radius 2 is 1.79 bits per heavy atom. The average Bonchev–Trinajstić information content (AvgIpc) is 2.69. The topological polar surface area (TPSA) is 29.3 Å². The summed E-state index contributed by atoms with van der Waals surface area (Å²) in [6.45, 7) is 11.2. The molecule has 2 rings (SSSR count). The van der Waals surface area contributed by atoms with E-state index < -0.39 is 0 Å². The van der Waals surface area contributed by atoms with Crippen molar-refractivity contribution in [2.75, 3.05) is 13.1 Å². The van der Waals surface area contributed by atoms with E-state index in [4.69, 9.17) is 5.73 Å². The van der Waals surface area contributed by atoms with Crippen molar-refractivity contribution in [3.05, 3.63) is 35.4 Å². The molecule has 2 N–H and O–H groups in total. The third-order valence-corrected chi connectivity index (χ3v) is 4.35. The number of rotatable bonds is 4. The predicted molar refractivity (Wildman–Crippen MR) is 82.1 cm³/mol. The maximum Gasteiger partial charge on any atom is 0.0320 e. The molecule has 0 bridgehead atoms. The van der Waals surface area contributed by atoms with Crippen LogP contribution in [0.5, 0.6) is 0 Å². The fourth-order valence-electron chi connectivity index (χ4n) is 2.96. The number of hydrogen-bond acceptors (Lipinski definition) is 2. The highest BCUT2D eigenvalue weighted by atomic mass is 15.2. The predicted octanol–water partition coefficient (Wildman–Crippen LogP) is 3.23. The molecule has 0 spiro atoms. The van der Waals surface area contributed by atoms with Crippen molar-refractivity contribution in [3.63, 3.8) is 0 Å². The third kappa shape index (κ3) is 3.58. The second-order valence-corrected chi connectivity index (χ2v) is 6.61. The van der Waals surface area contributed by atoms with Crippen molar-refractivity contribution >= 4 is 0 Å². The molecule has 0 aromatic heterocycles. The molecular weight excluding hydrogens is 232 g/mol. The lowest BCUT2D eigenvalue weighted by molar-refractivity contribution is 0.253. The van der Waals surface area contributed by atoms with Crippen molar-refractivity contribution in [2.45, 2.75) is 46.2 Å². The monoisotopic (exact) mass is 260 g/mol. The largest absolute Gasteiger partial charge is 0.326 e. The molecule has 3 atom stereocenters. The van der Waals surface area contributed by atoms with Gasteiger partial charge in [0.05, 0.1) is 0 Å². The zero-order valence-electron chi connectivity index (χ0n) is 12.8. The van der Waals surface area contributed by atoms with Gasteiger partial charge in [-0.1, -0.05) is 45.0 Å². The molecule has 0 saturated carbocycles. The lowest BCUT2D eigenvalue weighted by atomic mass is 9.99. The molecule has 0 radical (unpaired) electrons. The van der Waals surface area contributed by atoms with Crippen LogP contribution >= 0.6 is 0 Å². The van der Waals surface area contributed by atoms with Crippen LogP contribution in [0, 0.1) is 11.8 Å². The van der Waals surface area contributed by atoms with E-state index in [1.54, 1.807) is 0 Å². The summed E-state index contributed by atoms with van der Waals surface area (Å²) >= 11 is 0. The van der Waals surface area contributed by atoms with Crippen molar-refractivity contribution in [1.82, 2.24) is 4.90 Å². The molecule has 1 aliphatic heterocycles. The third-order valence-electron chi connectivity index (χ3n) is 4.35. The summed E-state index contributed by atoms with van der Waals surface area (Å²) < 4.78 is 0. The highest BCUT2D eigenvalue weighted by Gasteiger charge is 2.29.